The second-order valence-electron chi connectivity index (χ2n) is 6.49. The van der Waals surface area contributed by atoms with E-state index in [0.717, 1.165) is 16.6 Å². The Morgan fingerprint density at radius 2 is 2.22 bits per heavy atom. The molecule has 2 heterocycles. The Morgan fingerprint density at radius 3 is 3.04 bits per heavy atom. The van der Waals surface area contributed by atoms with Crippen LogP contribution in [0.2, 0.25) is 0 Å². The summed E-state index contributed by atoms with van der Waals surface area (Å²) in [4.78, 5) is 13.7. The van der Waals surface area contributed by atoms with Crippen molar-refractivity contribution in [1.82, 2.24) is 25.7 Å². The molecule has 2 aromatic rings. The number of hydrogen-bond donors (Lipinski definition) is 4. The third-order valence-corrected chi connectivity index (χ3v) is 4.42. The molecule has 4 N–H and O–H groups in total. The molecule has 2 amide bonds. The fourth-order valence-corrected chi connectivity index (χ4v) is 2.97. The highest BCUT2D eigenvalue weighted by molar-refractivity contribution is 5.87. The van der Waals surface area contributed by atoms with Crippen LogP contribution in [0.25, 0.3) is 10.9 Å². The van der Waals surface area contributed by atoms with E-state index in [1.54, 1.807) is 4.90 Å². The van der Waals surface area contributed by atoms with E-state index in [4.69, 9.17) is 9.47 Å². The molecule has 27 heavy (non-hydrogen) atoms. The molecular formula is C18H27N5O4. The van der Waals surface area contributed by atoms with Crippen LogP contribution in [0.5, 0.6) is 5.75 Å². The van der Waals surface area contributed by atoms with Gasteiger partial charge in [0.15, 0.2) is 0 Å². The van der Waals surface area contributed by atoms with Gasteiger partial charge in [0.25, 0.3) is 0 Å². The molecule has 1 aliphatic heterocycles. The van der Waals surface area contributed by atoms with Gasteiger partial charge in [0.1, 0.15) is 18.5 Å². The highest BCUT2D eigenvalue weighted by Crippen LogP contribution is 2.26. The van der Waals surface area contributed by atoms with Gasteiger partial charge in [-0.1, -0.05) is 6.07 Å². The number of nitrogens with one attached hydrogen (secondary N) is 3. The first-order valence-corrected chi connectivity index (χ1v) is 9.21. The maximum atomic E-state index is 11.9. The number of aliphatic hydroxyl groups is 1. The molecule has 0 unspecified atom stereocenters. The van der Waals surface area contributed by atoms with Crippen molar-refractivity contribution in [2.24, 2.45) is 0 Å². The summed E-state index contributed by atoms with van der Waals surface area (Å²) in [5.41, 5.74) is 1.78. The molecule has 0 aliphatic carbocycles. The molecule has 1 aliphatic rings. The van der Waals surface area contributed by atoms with Gasteiger partial charge in [0.2, 0.25) is 0 Å². The van der Waals surface area contributed by atoms with Crippen molar-refractivity contribution in [3.8, 4) is 5.75 Å². The third-order valence-electron chi connectivity index (χ3n) is 4.42. The van der Waals surface area contributed by atoms with Crippen LogP contribution in [-0.4, -0.2) is 84.9 Å². The fourth-order valence-electron chi connectivity index (χ4n) is 2.97. The number of aliphatic hydroxyl groups excluding tert-OH is 1. The number of benzene rings is 1. The van der Waals surface area contributed by atoms with Gasteiger partial charge in [-0.15, -0.1) is 0 Å². The second kappa shape index (κ2) is 9.54. The summed E-state index contributed by atoms with van der Waals surface area (Å²) in [7, 11) is 0. The van der Waals surface area contributed by atoms with Gasteiger partial charge in [-0.3, -0.25) is 5.10 Å². The lowest BCUT2D eigenvalue weighted by atomic mass is 10.2. The van der Waals surface area contributed by atoms with Crippen molar-refractivity contribution < 1.29 is 19.4 Å². The average Bonchev–Trinajstić information content (AvgIpc) is 3.08. The maximum Gasteiger partial charge on any atom is 0.317 e. The summed E-state index contributed by atoms with van der Waals surface area (Å²) in [5, 5.41) is 24.1. The first-order valence-electron chi connectivity index (χ1n) is 9.21. The van der Waals surface area contributed by atoms with Gasteiger partial charge in [0.05, 0.1) is 29.8 Å². The van der Waals surface area contributed by atoms with Crippen LogP contribution in [0.3, 0.4) is 0 Å². The lowest BCUT2D eigenvalue weighted by Crippen LogP contribution is -2.47. The van der Waals surface area contributed by atoms with Crippen molar-refractivity contribution >= 4 is 16.9 Å². The predicted molar refractivity (Wildman–Crippen MR) is 101 cm³/mol. The number of morpholine rings is 1. The third kappa shape index (κ3) is 5.31. The maximum absolute atomic E-state index is 11.9. The lowest BCUT2D eigenvalue weighted by molar-refractivity contribution is 0.0532. The van der Waals surface area contributed by atoms with Crippen LogP contribution >= 0.6 is 0 Å². The molecule has 148 valence electrons. The summed E-state index contributed by atoms with van der Waals surface area (Å²) in [6.07, 6.45) is -0.651. The molecule has 0 saturated carbocycles. The molecule has 1 atom stereocenters. The minimum Gasteiger partial charge on any atom is -0.490 e. The number of carbonyl (C=O) groups is 1. The predicted octanol–water partition coefficient (Wildman–Crippen LogP) is 0.242. The molecule has 1 saturated heterocycles. The molecule has 1 fully saturated rings. The molecule has 3 rings (SSSR count). The zero-order valence-corrected chi connectivity index (χ0v) is 15.5. The Labute approximate surface area is 158 Å². The zero-order valence-electron chi connectivity index (χ0n) is 15.5. The number of nitrogens with zero attached hydrogens (tertiary/aromatic N) is 2. The Morgan fingerprint density at radius 1 is 1.41 bits per heavy atom. The van der Waals surface area contributed by atoms with Crippen LogP contribution in [-0.2, 0) is 4.74 Å². The fraction of sp³-hybridized carbons (Fsp3) is 0.556. The Kier molecular flexibility index (Phi) is 6.86. The number of aromatic amines is 1. The minimum atomic E-state index is -0.651. The van der Waals surface area contributed by atoms with E-state index in [-0.39, 0.29) is 12.6 Å². The quantitative estimate of drug-likeness (QED) is 0.491. The number of carbonyl (C=O) groups excluding carboxylic acids is 1. The van der Waals surface area contributed by atoms with E-state index in [1.165, 1.54) is 0 Å². The topological polar surface area (TPSA) is 112 Å². The van der Waals surface area contributed by atoms with E-state index < -0.39 is 6.10 Å². The number of aryl methyl sites for hydroxylation is 1. The second-order valence-corrected chi connectivity index (χ2v) is 6.49. The van der Waals surface area contributed by atoms with Crippen molar-refractivity contribution in [1.29, 1.82) is 0 Å². The largest absolute Gasteiger partial charge is 0.490 e. The molecule has 9 nitrogen and oxygen atoms in total. The molecule has 0 spiro atoms. The Balaban J connectivity index is 1.32. The van der Waals surface area contributed by atoms with Crippen LogP contribution in [0, 0.1) is 6.92 Å². The number of urea groups is 1. The summed E-state index contributed by atoms with van der Waals surface area (Å²) < 4.78 is 11.0. The lowest BCUT2D eigenvalue weighted by Gasteiger charge is -2.27. The van der Waals surface area contributed by atoms with Crippen LogP contribution < -0.4 is 15.4 Å². The Bertz CT molecular complexity index is 744. The van der Waals surface area contributed by atoms with Crippen molar-refractivity contribution in [2.75, 3.05) is 52.5 Å². The summed E-state index contributed by atoms with van der Waals surface area (Å²) in [6.45, 7) is 5.96. The van der Waals surface area contributed by atoms with Crippen LogP contribution in [0.4, 0.5) is 4.79 Å². The van der Waals surface area contributed by atoms with E-state index >= 15 is 0 Å². The summed E-state index contributed by atoms with van der Waals surface area (Å²) in [5.74, 6) is 0.704. The molecule has 0 radical (unpaired) electrons. The standard InChI is InChI=1S/C18H27N5O4/c1-13-17-15(22-21-13)3-2-4-16(17)27-12-14(24)11-19-5-6-20-18(25)23-7-9-26-10-8-23/h2-4,14,19,24H,5-12H2,1H3,(H,20,25)(H,21,22)/t14-/m0/s1. The minimum absolute atomic E-state index is 0.0763. The smallest absolute Gasteiger partial charge is 0.317 e. The van der Waals surface area contributed by atoms with Gasteiger partial charge in [-0.2, -0.15) is 5.10 Å². The van der Waals surface area contributed by atoms with Gasteiger partial charge < -0.3 is 30.1 Å². The average molecular weight is 377 g/mol. The number of hydrogen-bond acceptors (Lipinski definition) is 6. The van der Waals surface area contributed by atoms with Crippen molar-refractivity contribution in [3.63, 3.8) is 0 Å². The van der Waals surface area contributed by atoms with Crippen LogP contribution in [0.1, 0.15) is 5.69 Å². The number of rotatable bonds is 8. The van der Waals surface area contributed by atoms with Gasteiger partial charge in [-0.05, 0) is 19.1 Å². The number of aromatic nitrogens is 2. The van der Waals surface area contributed by atoms with Crippen LogP contribution in [0.15, 0.2) is 18.2 Å². The first kappa shape index (κ1) is 19.4. The highest BCUT2D eigenvalue weighted by Gasteiger charge is 2.16. The molecule has 1 aromatic carbocycles. The SMILES string of the molecule is Cc1n[nH]c2cccc(OC[C@@H](O)CNCCNC(=O)N3CCOCC3)c12. The van der Waals surface area contributed by atoms with Gasteiger partial charge >= 0.3 is 6.03 Å². The van der Waals surface area contributed by atoms with Gasteiger partial charge in [-0.25, -0.2) is 4.79 Å². The monoisotopic (exact) mass is 377 g/mol. The van der Waals surface area contributed by atoms with E-state index in [0.29, 0.717) is 51.7 Å². The number of H-pyrrole nitrogens is 1. The normalized spacial score (nSPS) is 15.7. The van der Waals surface area contributed by atoms with Gasteiger partial charge in [0, 0.05) is 32.7 Å². The molecule has 1 aromatic heterocycles. The first-order chi connectivity index (χ1) is 13.1. The Hall–Kier alpha value is -2.36. The van der Waals surface area contributed by atoms with Crippen molar-refractivity contribution in [3.05, 3.63) is 23.9 Å². The summed E-state index contributed by atoms with van der Waals surface area (Å²) in [6, 6.07) is 5.61. The van der Waals surface area contributed by atoms with E-state index in [1.807, 2.05) is 25.1 Å². The highest BCUT2D eigenvalue weighted by atomic mass is 16.5. The number of fused-ring (bicyclic) bond motifs is 1. The van der Waals surface area contributed by atoms with E-state index in [2.05, 4.69) is 20.8 Å². The molecule has 9 heteroatoms. The molecule has 0 bridgehead atoms. The summed E-state index contributed by atoms with van der Waals surface area (Å²) >= 11 is 0. The van der Waals surface area contributed by atoms with E-state index in [9.17, 15) is 9.90 Å². The van der Waals surface area contributed by atoms with Crippen molar-refractivity contribution in [2.45, 2.75) is 13.0 Å². The number of amides is 2. The zero-order chi connectivity index (χ0) is 19.1. The molecular weight excluding hydrogens is 350 g/mol. The number of ether oxygens (including phenoxy) is 2.